The van der Waals surface area contributed by atoms with Gasteiger partial charge in [0.25, 0.3) is 0 Å². The van der Waals surface area contributed by atoms with Crippen LogP contribution in [-0.2, 0) is 6.18 Å². The maximum Gasteiger partial charge on any atom is 0.417 e. The van der Waals surface area contributed by atoms with Crippen molar-refractivity contribution in [3.8, 4) is 11.3 Å². The second-order valence-corrected chi connectivity index (χ2v) is 8.21. The van der Waals surface area contributed by atoms with Gasteiger partial charge in [0.2, 0.25) is 0 Å². The molecule has 10 heteroatoms. The van der Waals surface area contributed by atoms with Crippen molar-refractivity contribution in [1.29, 1.82) is 0 Å². The fourth-order valence-corrected chi connectivity index (χ4v) is 4.29. The third-order valence-electron chi connectivity index (χ3n) is 5.86. The predicted octanol–water partition coefficient (Wildman–Crippen LogP) is 4.07. The maximum atomic E-state index is 13.3. The molecule has 2 amide bonds. The lowest BCUT2D eigenvalue weighted by Gasteiger charge is -2.36. The summed E-state index contributed by atoms with van der Waals surface area (Å²) in [5.41, 5.74) is 1.74. The SMILES string of the molecule is Cc1cccc(NC(=O)N2c3nc(-c4cncc(C(F)(F)F)c4)ccc3N3C[C@@H](O)[C@H]2C3)c1. The average Bonchev–Trinajstić information content (AvgIpc) is 3.09. The number of amides is 2. The first-order valence-corrected chi connectivity index (χ1v) is 10.3. The van der Waals surface area contributed by atoms with Crippen LogP contribution < -0.4 is 15.1 Å². The molecule has 2 aliphatic heterocycles. The van der Waals surface area contributed by atoms with E-state index >= 15 is 0 Å². The van der Waals surface area contributed by atoms with Crippen LogP contribution in [0.25, 0.3) is 11.3 Å². The Balaban J connectivity index is 1.55. The summed E-state index contributed by atoms with van der Waals surface area (Å²) in [7, 11) is 0. The number of nitrogens with one attached hydrogen (secondary N) is 1. The van der Waals surface area contributed by atoms with Gasteiger partial charge in [-0.2, -0.15) is 13.2 Å². The van der Waals surface area contributed by atoms with E-state index < -0.39 is 29.9 Å². The van der Waals surface area contributed by atoms with Crippen LogP contribution >= 0.6 is 0 Å². The molecule has 2 atom stereocenters. The predicted molar refractivity (Wildman–Crippen MR) is 117 cm³/mol. The van der Waals surface area contributed by atoms with Crippen LogP contribution in [0.3, 0.4) is 0 Å². The first kappa shape index (κ1) is 21.2. The molecule has 0 radical (unpaired) electrons. The number of alkyl halides is 3. The van der Waals surface area contributed by atoms with Gasteiger partial charge in [-0.1, -0.05) is 12.1 Å². The normalized spacial score (nSPS) is 19.4. The summed E-state index contributed by atoms with van der Waals surface area (Å²) >= 11 is 0. The maximum absolute atomic E-state index is 13.3. The van der Waals surface area contributed by atoms with E-state index in [0.29, 0.717) is 24.5 Å². The Hall–Kier alpha value is -3.66. The van der Waals surface area contributed by atoms with Crippen LogP contribution in [0.1, 0.15) is 11.1 Å². The first-order valence-electron chi connectivity index (χ1n) is 10.3. The first-order chi connectivity index (χ1) is 15.7. The Morgan fingerprint density at radius 1 is 1.15 bits per heavy atom. The highest BCUT2D eigenvalue weighted by Gasteiger charge is 2.45. The van der Waals surface area contributed by atoms with E-state index in [1.807, 2.05) is 30.0 Å². The summed E-state index contributed by atoms with van der Waals surface area (Å²) in [5.74, 6) is 0.280. The Kier molecular flexibility index (Phi) is 4.97. The highest BCUT2D eigenvalue weighted by molar-refractivity contribution is 6.05. The average molecular weight is 455 g/mol. The van der Waals surface area contributed by atoms with Gasteiger partial charge < -0.3 is 15.3 Å². The van der Waals surface area contributed by atoms with Crippen molar-refractivity contribution in [3.05, 3.63) is 66.0 Å². The lowest BCUT2D eigenvalue weighted by Crippen LogP contribution is -2.51. The largest absolute Gasteiger partial charge is 0.417 e. The zero-order valence-corrected chi connectivity index (χ0v) is 17.5. The number of hydrogen-bond donors (Lipinski definition) is 2. The molecule has 5 rings (SSSR count). The van der Waals surface area contributed by atoms with Gasteiger partial charge in [0.05, 0.1) is 29.1 Å². The summed E-state index contributed by atoms with van der Waals surface area (Å²) in [6.07, 6.45) is -3.27. The number of aryl methyl sites for hydroxylation is 1. The summed E-state index contributed by atoms with van der Waals surface area (Å²) in [6.45, 7) is 2.67. The second kappa shape index (κ2) is 7.73. The third kappa shape index (κ3) is 3.86. The van der Waals surface area contributed by atoms with Crippen LogP contribution in [0, 0.1) is 6.92 Å². The molecule has 1 aromatic carbocycles. The van der Waals surface area contributed by atoms with E-state index in [9.17, 15) is 23.1 Å². The molecule has 3 aromatic rings. The summed E-state index contributed by atoms with van der Waals surface area (Å²) < 4.78 is 39.5. The standard InChI is InChI=1S/C23H20F3N5O2/c1-13-3-2-4-16(7-13)28-22(33)31-19-11-30(12-20(19)32)18-6-5-17(29-21(18)31)14-8-15(10-27-9-14)23(24,25)26/h2-10,19-20,32H,11-12H2,1H3,(H,28,33)/t19-,20-/m1/s1. The van der Waals surface area contributed by atoms with Crippen LogP contribution in [0.15, 0.2) is 54.9 Å². The molecular formula is C23H20F3N5O2. The van der Waals surface area contributed by atoms with Gasteiger partial charge >= 0.3 is 12.2 Å². The monoisotopic (exact) mass is 455 g/mol. The van der Waals surface area contributed by atoms with Crippen molar-refractivity contribution in [2.24, 2.45) is 0 Å². The quantitative estimate of drug-likeness (QED) is 0.609. The minimum Gasteiger partial charge on any atom is -0.389 e. The van der Waals surface area contributed by atoms with Crippen molar-refractivity contribution < 1.29 is 23.1 Å². The smallest absolute Gasteiger partial charge is 0.389 e. The second-order valence-electron chi connectivity index (χ2n) is 8.21. The van der Waals surface area contributed by atoms with Gasteiger partial charge in [0, 0.05) is 36.7 Å². The molecule has 0 unspecified atom stereocenters. The summed E-state index contributed by atoms with van der Waals surface area (Å²) in [5, 5.41) is 13.4. The van der Waals surface area contributed by atoms with E-state index in [2.05, 4.69) is 15.3 Å². The molecule has 7 nitrogen and oxygen atoms in total. The zero-order valence-electron chi connectivity index (χ0n) is 17.5. The van der Waals surface area contributed by atoms with Crippen LogP contribution in [0.2, 0.25) is 0 Å². The number of hydrogen-bond acceptors (Lipinski definition) is 5. The molecule has 4 heterocycles. The van der Waals surface area contributed by atoms with Crippen molar-refractivity contribution in [2.75, 3.05) is 28.2 Å². The van der Waals surface area contributed by atoms with Crippen molar-refractivity contribution in [1.82, 2.24) is 9.97 Å². The number of pyridine rings is 2. The molecule has 2 N–H and O–H groups in total. The number of carbonyl (C=O) groups is 1. The van der Waals surface area contributed by atoms with Gasteiger partial charge in [-0.25, -0.2) is 9.78 Å². The number of anilines is 3. The highest BCUT2D eigenvalue weighted by atomic mass is 19.4. The molecule has 2 bridgehead atoms. The molecule has 0 saturated carbocycles. The highest BCUT2D eigenvalue weighted by Crippen LogP contribution is 2.41. The van der Waals surface area contributed by atoms with Crippen LogP contribution in [0.4, 0.5) is 35.2 Å². The van der Waals surface area contributed by atoms with Gasteiger partial charge in [0.15, 0.2) is 5.82 Å². The Morgan fingerprint density at radius 2 is 1.97 bits per heavy atom. The molecule has 1 fully saturated rings. The van der Waals surface area contributed by atoms with E-state index in [1.54, 1.807) is 18.2 Å². The summed E-state index contributed by atoms with van der Waals surface area (Å²) in [6, 6.07) is 10.6. The number of carbonyl (C=O) groups excluding carboxylic acids is 1. The van der Waals surface area contributed by atoms with Gasteiger partial charge in [0.1, 0.15) is 0 Å². The minimum absolute atomic E-state index is 0.181. The molecule has 0 spiro atoms. The number of aliphatic hydroxyl groups excluding tert-OH is 1. The van der Waals surface area contributed by atoms with Crippen molar-refractivity contribution in [2.45, 2.75) is 25.2 Å². The lowest BCUT2D eigenvalue weighted by molar-refractivity contribution is -0.137. The molecule has 33 heavy (non-hydrogen) atoms. The van der Waals surface area contributed by atoms with Gasteiger partial charge in [-0.3, -0.25) is 9.88 Å². The van der Waals surface area contributed by atoms with Gasteiger partial charge in [-0.15, -0.1) is 0 Å². The van der Waals surface area contributed by atoms with Gasteiger partial charge in [-0.05, 0) is 42.8 Å². The number of aliphatic hydroxyl groups is 1. The number of rotatable bonds is 2. The molecule has 2 aromatic heterocycles. The fraction of sp³-hybridized carbons (Fsp3) is 0.261. The Morgan fingerprint density at radius 3 is 2.73 bits per heavy atom. The van der Waals surface area contributed by atoms with Crippen LogP contribution in [-0.4, -0.2) is 46.3 Å². The number of benzene rings is 1. The summed E-state index contributed by atoms with van der Waals surface area (Å²) in [4.78, 5) is 24.9. The number of halogens is 3. The number of fused-ring (bicyclic) bond motifs is 4. The van der Waals surface area contributed by atoms with Crippen molar-refractivity contribution >= 4 is 23.2 Å². The van der Waals surface area contributed by atoms with E-state index in [1.165, 1.54) is 11.1 Å². The molecule has 0 aliphatic carbocycles. The molecule has 1 saturated heterocycles. The Bertz CT molecular complexity index is 1230. The molecule has 170 valence electrons. The molecular weight excluding hydrogens is 435 g/mol. The number of aromatic nitrogens is 2. The fourth-order valence-electron chi connectivity index (χ4n) is 4.29. The lowest BCUT2D eigenvalue weighted by atomic mass is 10.1. The Labute approximate surface area is 187 Å². The number of urea groups is 1. The van der Waals surface area contributed by atoms with E-state index in [4.69, 9.17) is 0 Å². The van der Waals surface area contributed by atoms with E-state index in [0.717, 1.165) is 17.8 Å². The molecule has 2 aliphatic rings. The number of nitrogens with zero attached hydrogens (tertiary/aromatic N) is 4. The van der Waals surface area contributed by atoms with E-state index in [-0.39, 0.29) is 17.1 Å². The van der Waals surface area contributed by atoms with Crippen molar-refractivity contribution in [3.63, 3.8) is 0 Å². The minimum atomic E-state index is -4.54. The zero-order chi connectivity index (χ0) is 23.3. The van der Waals surface area contributed by atoms with Crippen LogP contribution in [0.5, 0.6) is 0 Å². The topological polar surface area (TPSA) is 81.6 Å². The third-order valence-corrected chi connectivity index (χ3v) is 5.86.